The fourth-order valence-electron chi connectivity index (χ4n) is 3.29. The first-order valence-corrected chi connectivity index (χ1v) is 9.97. The number of alkyl halides is 1. The molecule has 0 saturated heterocycles. The Morgan fingerprint density at radius 2 is 1.93 bits per heavy atom. The van der Waals surface area contributed by atoms with E-state index in [-0.39, 0.29) is 6.09 Å². The molecule has 0 bridgehead atoms. The molecule has 2 heterocycles. The smallest absolute Gasteiger partial charge is 0.410 e. The molecule has 2 aromatic rings. The highest BCUT2D eigenvalue weighted by Gasteiger charge is 2.30. The van der Waals surface area contributed by atoms with E-state index in [0.717, 1.165) is 29.1 Å². The van der Waals surface area contributed by atoms with E-state index in [4.69, 9.17) is 21.4 Å². The summed E-state index contributed by atoms with van der Waals surface area (Å²) in [6.45, 7) is 11.1. The van der Waals surface area contributed by atoms with E-state index in [1.165, 1.54) is 5.56 Å². The summed E-state index contributed by atoms with van der Waals surface area (Å²) in [7, 11) is 0. The summed E-state index contributed by atoms with van der Waals surface area (Å²) in [5.41, 5.74) is 4.81. The summed E-state index contributed by atoms with van der Waals surface area (Å²) in [4.78, 5) is 14.2. The third kappa shape index (κ3) is 4.29. The third-order valence-corrected chi connectivity index (χ3v) is 4.98. The van der Waals surface area contributed by atoms with E-state index in [1.54, 1.807) is 4.90 Å². The van der Waals surface area contributed by atoms with Crippen molar-refractivity contribution in [2.24, 2.45) is 0 Å². The lowest BCUT2D eigenvalue weighted by atomic mass is 10.0. The molecule has 6 heteroatoms. The molecule has 1 aliphatic rings. The maximum absolute atomic E-state index is 12.4. The van der Waals surface area contributed by atoms with Gasteiger partial charge in [0.2, 0.25) is 0 Å². The number of ether oxygens (including phenoxy) is 1. The van der Waals surface area contributed by atoms with E-state index in [9.17, 15) is 4.79 Å². The van der Waals surface area contributed by atoms with Crippen LogP contribution >= 0.6 is 11.6 Å². The zero-order chi connectivity index (χ0) is 19.8. The van der Waals surface area contributed by atoms with Crippen LogP contribution < -0.4 is 0 Å². The number of amides is 1. The summed E-state index contributed by atoms with van der Waals surface area (Å²) in [5.74, 6) is 0.813. The first kappa shape index (κ1) is 19.7. The summed E-state index contributed by atoms with van der Waals surface area (Å²) >= 11 is 6.15. The maximum atomic E-state index is 12.4. The summed E-state index contributed by atoms with van der Waals surface area (Å²) in [6, 6.07) is 8.48. The van der Waals surface area contributed by atoms with E-state index in [1.807, 2.05) is 25.5 Å². The predicted octanol–water partition coefficient (Wildman–Crippen LogP) is 5.03. The first-order valence-electron chi connectivity index (χ1n) is 9.43. The molecule has 3 rings (SSSR count). The SMILES string of the molecule is CC(C)c1ccc(-n2nc(CCl)c3c2CCN(C(=O)OC(C)(C)C)C3)cc1. The molecule has 1 aromatic carbocycles. The Balaban J connectivity index is 1.89. The fourth-order valence-corrected chi connectivity index (χ4v) is 3.50. The van der Waals surface area contributed by atoms with Gasteiger partial charge in [0.1, 0.15) is 5.60 Å². The number of benzene rings is 1. The molecule has 0 unspecified atom stereocenters. The van der Waals surface area contributed by atoms with Crippen molar-refractivity contribution >= 4 is 17.7 Å². The second kappa shape index (κ2) is 7.55. The van der Waals surface area contributed by atoms with Gasteiger partial charge in [-0.3, -0.25) is 0 Å². The zero-order valence-electron chi connectivity index (χ0n) is 16.8. The number of halogens is 1. The third-order valence-electron chi connectivity index (χ3n) is 4.72. The summed E-state index contributed by atoms with van der Waals surface area (Å²) < 4.78 is 7.50. The van der Waals surface area contributed by atoms with Gasteiger partial charge < -0.3 is 9.64 Å². The Morgan fingerprint density at radius 3 is 2.48 bits per heavy atom. The molecular formula is C21H28ClN3O2. The lowest BCUT2D eigenvalue weighted by Gasteiger charge is -2.30. The maximum Gasteiger partial charge on any atom is 0.410 e. The molecule has 0 N–H and O–H groups in total. The number of aromatic nitrogens is 2. The molecule has 5 nitrogen and oxygen atoms in total. The standard InChI is InChI=1S/C21H28ClN3O2/c1-14(2)15-6-8-16(9-7-15)25-19-10-11-24(20(26)27-21(3,4)5)13-17(19)18(12-22)23-25/h6-9,14H,10-13H2,1-5H3. The van der Waals surface area contributed by atoms with Crippen LogP contribution in [-0.2, 0) is 23.6 Å². The van der Waals surface area contributed by atoms with E-state index in [0.29, 0.717) is 24.9 Å². The van der Waals surface area contributed by atoms with Crippen LogP contribution in [0.3, 0.4) is 0 Å². The minimum absolute atomic E-state index is 0.289. The second-order valence-electron chi connectivity index (χ2n) is 8.32. The van der Waals surface area contributed by atoms with Gasteiger partial charge in [0.25, 0.3) is 0 Å². The minimum atomic E-state index is -0.505. The molecule has 146 valence electrons. The molecule has 27 heavy (non-hydrogen) atoms. The van der Waals surface area contributed by atoms with Crippen molar-refractivity contribution in [2.75, 3.05) is 6.54 Å². The molecule has 1 aliphatic heterocycles. The molecule has 0 saturated carbocycles. The topological polar surface area (TPSA) is 47.4 Å². The summed E-state index contributed by atoms with van der Waals surface area (Å²) in [5, 5.41) is 4.73. The first-order chi connectivity index (χ1) is 12.7. The number of rotatable bonds is 3. The number of carbonyl (C=O) groups excluding carboxylic acids is 1. The van der Waals surface area contributed by atoms with Crippen molar-refractivity contribution in [1.82, 2.24) is 14.7 Å². The van der Waals surface area contributed by atoms with Gasteiger partial charge in [-0.25, -0.2) is 9.48 Å². The van der Waals surface area contributed by atoms with Gasteiger partial charge in [0.15, 0.2) is 0 Å². The van der Waals surface area contributed by atoms with Crippen molar-refractivity contribution in [2.45, 2.75) is 65.0 Å². The van der Waals surface area contributed by atoms with Crippen LogP contribution in [0.15, 0.2) is 24.3 Å². The Hall–Kier alpha value is -2.01. The second-order valence-corrected chi connectivity index (χ2v) is 8.58. The highest BCUT2D eigenvalue weighted by atomic mass is 35.5. The molecule has 0 fully saturated rings. The van der Waals surface area contributed by atoms with Gasteiger partial charge >= 0.3 is 6.09 Å². The molecule has 0 atom stereocenters. The highest BCUT2D eigenvalue weighted by Crippen LogP contribution is 2.28. The van der Waals surface area contributed by atoms with Crippen LogP contribution in [-0.4, -0.2) is 32.9 Å². The van der Waals surface area contributed by atoms with Crippen LogP contribution in [0.25, 0.3) is 5.69 Å². The van der Waals surface area contributed by atoms with Crippen molar-refractivity contribution in [3.63, 3.8) is 0 Å². The van der Waals surface area contributed by atoms with Crippen molar-refractivity contribution < 1.29 is 9.53 Å². The quantitative estimate of drug-likeness (QED) is 0.692. The van der Waals surface area contributed by atoms with Crippen LogP contribution in [0.2, 0.25) is 0 Å². The highest BCUT2D eigenvalue weighted by molar-refractivity contribution is 6.17. The van der Waals surface area contributed by atoms with Crippen LogP contribution in [0.4, 0.5) is 4.79 Å². The molecule has 0 aliphatic carbocycles. The molecule has 0 radical (unpaired) electrons. The normalized spacial score (nSPS) is 14.4. The van der Waals surface area contributed by atoms with E-state index >= 15 is 0 Å². The lowest BCUT2D eigenvalue weighted by Crippen LogP contribution is -2.40. The predicted molar refractivity (Wildman–Crippen MR) is 108 cm³/mol. The molecule has 0 spiro atoms. The summed E-state index contributed by atoms with van der Waals surface area (Å²) in [6.07, 6.45) is 0.437. The Kier molecular flexibility index (Phi) is 5.52. The van der Waals surface area contributed by atoms with Gasteiger partial charge in [-0.1, -0.05) is 26.0 Å². The Morgan fingerprint density at radius 1 is 1.26 bits per heavy atom. The van der Waals surface area contributed by atoms with Crippen LogP contribution in [0.1, 0.15) is 63.1 Å². The fraction of sp³-hybridized carbons (Fsp3) is 0.524. The number of hydrogen-bond donors (Lipinski definition) is 0. The molecule has 1 amide bonds. The van der Waals surface area contributed by atoms with Crippen molar-refractivity contribution in [3.8, 4) is 5.69 Å². The van der Waals surface area contributed by atoms with Gasteiger partial charge in [0.05, 0.1) is 29.5 Å². The average Bonchev–Trinajstić information content (AvgIpc) is 2.98. The largest absolute Gasteiger partial charge is 0.444 e. The van der Waals surface area contributed by atoms with Crippen LogP contribution in [0, 0.1) is 0 Å². The minimum Gasteiger partial charge on any atom is -0.444 e. The molecular weight excluding hydrogens is 362 g/mol. The van der Waals surface area contributed by atoms with E-state index < -0.39 is 5.60 Å². The van der Waals surface area contributed by atoms with Gasteiger partial charge in [0, 0.05) is 18.5 Å². The Labute approximate surface area is 166 Å². The lowest BCUT2D eigenvalue weighted by molar-refractivity contribution is 0.0222. The number of fused-ring (bicyclic) bond motifs is 1. The zero-order valence-corrected chi connectivity index (χ0v) is 17.5. The van der Waals surface area contributed by atoms with Crippen molar-refractivity contribution in [3.05, 3.63) is 46.8 Å². The van der Waals surface area contributed by atoms with Gasteiger partial charge in [-0.05, 0) is 44.4 Å². The average molecular weight is 390 g/mol. The van der Waals surface area contributed by atoms with Crippen molar-refractivity contribution in [1.29, 1.82) is 0 Å². The molecule has 1 aromatic heterocycles. The number of carbonyl (C=O) groups is 1. The van der Waals surface area contributed by atoms with Gasteiger partial charge in [-0.2, -0.15) is 5.10 Å². The monoisotopic (exact) mass is 389 g/mol. The van der Waals surface area contributed by atoms with Gasteiger partial charge in [-0.15, -0.1) is 11.6 Å². The van der Waals surface area contributed by atoms with E-state index in [2.05, 4.69) is 38.1 Å². The van der Waals surface area contributed by atoms with Crippen LogP contribution in [0.5, 0.6) is 0 Å². The Bertz CT molecular complexity index is 819. The number of hydrogen-bond acceptors (Lipinski definition) is 3. The number of nitrogens with zero attached hydrogens (tertiary/aromatic N) is 3.